The highest BCUT2D eigenvalue weighted by molar-refractivity contribution is 6.62. The average molecular weight is 1740 g/mol. The third kappa shape index (κ3) is 15.1. The second-order valence-electron chi connectivity index (χ2n) is 35.2. The molecule has 134 heavy (non-hydrogen) atoms. The molecule has 0 atom stereocenters. The topological polar surface area (TPSA) is 86.4 Å². The van der Waals surface area contributed by atoms with Gasteiger partial charge in [-0.3, -0.25) is 9.97 Å². The fraction of sp³-hybridized carbons (Fsp3) is 0.0492. The van der Waals surface area contributed by atoms with Gasteiger partial charge in [-0.25, -0.2) is 9.97 Å². The summed E-state index contributed by atoms with van der Waals surface area (Å²) in [5.41, 5.74) is 28.3. The van der Waals surface area contributed by atoms with Gasteiger partial charge in [0.2, 0.25) is 0 Å². The van der Waals surface area contributed by atoms with Crippen molar-refractivity contribution in [1.29, 1.82) is 0 Å². The number of rotatable bonds is 14. The van der Waals surface area contributed by atoms with Crippen LogP contribution in [0.4, 0.5) is 34.1 Å². The van der Waals surface area contributed by atoms with Crippen molar-refractivity contribution >= 4 is 167 Å². The highest BCUT2D eigenvalue weighted by Crippen LogP contribution is 2.45. The minimum atomic E-state index is -0.409. The third-order valence-corrected chi connectivity index (χ3v) is 26.8. The number of fused-ring (bicyclic) bond motifs is 18. The van der Waals surface area contributed by atoms with E-state index in [0.717, 1.165) is 128 Å². The first kappa shape index (κ1) is 82.0. The summed E-state index contributed by atoms with van der Waals surface area (Å²) in [6.07, 6.45) is 3.78. The molecule has 0 N–H and O–H groups in total. The molecule has 5 heterocycles. The molecule has 25 rings (SSSR count). The van der Waals surface area contributed by atoms with Crippen LogP contribution in [-0.2, 0) is 9.31 Å². The third-order valence-electron chi connectivity index (χ3n) is 26.6. The number of halogens is 1. The van der Waals surface area contributed by atoms with Crippen LogP contribution in [0.2, 0.25) is 5.02 Å². The first-order chi connectivity index (χ1) is 65.8. The quantitative estimate of drug-likeness (QED) is 0.0786. The Labute approximate surface area is 782 Å². The van der Waals surface area contributed by atoms with E-state index in [1.165, 1.54) is 93.1 Å². The summed E-state index contributed by atoms with van der Waals surface area (Å²) in [4.78, 5) is 24.8. The molecule has 1 fully saturated rings. The van der Waals surface area contributed by atoms with Crippen LogP contribution in [0.15, 0.2) is 461 Å². The highest BCUT2D eigenvalue weighted by atomic mass is 35.5. The molecule has 12 heteroatoms. The van der Waals surface area contributed by atoms with Crippen LogP contribution in [0.1, 0.15) is 27.7 Å². The van der Waals surface area contributed by atoms with E-state index in [-0.39, 0.29) is 11.2 Å². The Morgan fingerprint density at radius 3 is 0.925 bits per heavy atom. The second-order valence-corrected chi connectivity index (χ2v) is 35.6. The van der Waals surface area contributed by atoms with E-state index in [1.807, 2.05) is 42.7 Å². The smallest absolute Gasteiger partial charge is 0.399 e. The van der Waals surface area contributed by atoms with Crippen molar-refractivity contribution in [2.75, 3.05) is 9.80 Å². The maximum Gasteiger partial charge on any atom is 0.494 e. The van der Waals surface area contributed by atoms with Crippen molar-refractivity contribution in [3.8, 4) is 67.3 Å². The number of hydrogen-bond acceptors (Lipinski definition) is 8. The summed E-state index contributed by atoms with van der Waals surface area (Å²) in [7, 11) is -0.409. The second kappa shape index (κ2) is 34.5. The molecular formula is C122H88BClN8O2. The molecule has 0 amide bonds. The van der Waals surface area contributed by atoms with Crippen molar-refractivity contribution < 1.29 is 9.31 Å². The molecule has 24 aromatic rings. The van der Waals surface area contributed by atoms with E-state index < -0.39 is 7.12 Å². The van der Waals surface area contributed by atoms with Crippen molar-refractivity contribution in [2.24, 2.45) is 0 Å². The van der Waals surface area contributed by atoms with Crippen LogP contribution < -0.4 is 15.3 Å². The number of para-hydroxylation sites is 6. The molecule has 0 bridgehead atoms. The largest absolute Gasteiger partial charge is 0.494 e. The molecular weight excluding hydrogens is 1660 g/mol. The van der Waals surface area contributed by atoms with Gasteiger partial charge in [-0.2, -0.15) is 0 Å². The zero-order valence-electron chi connectivity index (χ0n) is 74.2. The van der Waals surface area contributed by atoms with E-state index in [9.17, 15) is 0 Å². The van der Waals surface area contributed by atoms with Crippen molar-refractivity contribution in [2.45, 2.75) is 38.9 Å². The van der Waals surface area contributed by atoms with Gasteiger partial charge >= 0.3 is 7.12 Å². The lowest BCUT2D eigenvalue weighted by Crippen LogP contribution is -2.41. The Balaban J connectivity index is 0.000000121. The van der Waals surface area contributed by atoms with E-state index in [2.05, 4.69) is 465 Å². The maximum absolute atomic E-state index is 6.26. The van der Waals surface area contributed by atoms with Gasteiger partial charge in [0, 0.05) is 105 Å². The van der Waals surface area contributed by atoms with Gasteiger partial charge in [0.1, 0.15) is 0 Å². The van der Waals surface area contributed by atoms with Gasteiger partial charge in [0.15, 0.2) is 0 Å². The first-order valence-electron chi connectivity index (χ1n) is 45.5. The van der Waals surface area contributed by atoms with Gasteiger partial charge < -0.3 is 28.2 Å². The Kier molecular flexibility index (Phi) is 21.1. The predicted octanol–water partition coefficient (Wildman–Crippen LogP) is 32.0. The molecule has 1 aliphatic rings. The summed E-state index contributed by atoms with van der Waals surface area (Å²) in [6, 6.07) is 158. The zero-order valence-corrected chi connectivity index (χ0v) is 75.0. The van der Waals surface area contributed by atoms with Crippen LogP contribution in [0.25, 0.3) is 176 Å². The van der Waals surface area contributed by atoms with Gasteiger partial charge in [-0.1, -0.05) is 309 Å². The number of anilines is 6. The van der Waals surface area contributed by atoms with Crippen LogP contribution >= 0.6 is 11.6 Å². The molecule has 0 spiro atoms. The fourth-order valence-corrected chi connectivity index (χ4v) is 19.4. The zero-order chi connectivity index (χ0) is 90.0. The van der Waals surface area contributed by atoms with E-state index in [4.69, 9.17) is 40.8 Å². The van der Waals surface area contributed by atoms with Gasteiger partial charge in [-0.15, -0.1) is 0 Å². The highest BCUT2D eigenvalue weighted by Gasteiger charge is 2.52. The van der Waals surface area contributed by atoms with E-state index in [0.29, 0.717) is 0 Å². The predicted molar refractivity (Wildman–Crippen MR) is 561 cm³/mol. The summed E-state index contributed by atoms with van der Waals surface area (Å²) in [5.74, 6) is 0. The monoisotopic (exact) mass is 1740 g/mol. The number of aromatic nitrogens is 6. The molecule has 0 radical (unpaired) electrons. The number of hydrogen-bond donors (Lipinski definition) is 0. The van der Waals surface area contributed by atoms with Gasteiger partial charge in [-0.05, 0) is 240 Å². The van der Waals surface area contributed by atoms with Crippen LogP contribution in [0.5, 0.6) is 0 Å². The lowest BCUT2D eigenvalue weighted by atomic mass is 9.78. The normalized spacial score (nSPS) is 12.9. The number of nitrogens with zero attached hydrogens (tertiary/aromatic N) is 8. The van der Waals surface area contributed by atoms with Gasteiger partial charge in [0.05, 0.1) is 79.1 Å². The SMILES string of the molecule is CC1(C)OB(c2cccc(-c3cnc4c5ccccc5c5ccccc5c4n3)c2)OC1(C)C.Clc1ccc(N(c2ccccc2)c2ccc(-c3ccc4c(c3)c3ccccc3n4-c3ccccc3)cc2)cc1.c1ccc(N(c2ccc(-c3cccc(-c4cnc5c6ccccc6c6ccccc6c5n4)c3)cc2)c2ccc(-c3ccc4c(c3)c3ccccc3n4-c3ccccc3)cc2)cc1. The molecule has 10 nitrogen and oxygen atoms in total. The minimum absolute atomic E-state index is 0.379. The Morgan fingerprint density at radius 1 is 0.239 bits per heavy atom. The number of benzene rings is 20. The van der Waals surface area contributed by atoms with Crippen molar-refractivity contribution in [1.82, 2.24) is 29.1 Å². The first-order valence-corrected chi connectivity index (χ1v) is 45.9. The van der Waals surface area contributed by atoms with Crippen molar-refractivity contribution in [3.05, 3.63) is 466 Å². The minimum Gasteiger partial charge on any atom is -0.399 e. The fourth-order valence-electron chi connectivity index (χ4n) is 19.3. The summed E-state index contributed by atoms with van der Waals surface area (Å²) in [6.45, 7) is 8.28. The van der Waals surface area contributed by atoms with E-state index >= 15 is 0 Å². The molecule has 1 aliphatic heterocycles. The summed E-state index contributed by atoms with van der Waals surface area (Å²) >= 11 is 6.19. The Hall–Kier alpha value is -16.4. The molecule has 0 saturated carbocycles. The van der Waals surface area contributed by atoms with Crippen LogP contribution in [-0.4, -0.2) is 47.4 Å². The van der Waals surface area contributed by atoms with Crippen LogP contribution in [0.3, 0.4) is 0 Å². The molecule has 0 unspecified atom stereocenters. The summed E-state index contributed by atoms with van der Waals surface area (Å²) in [5, 5.41) is 15.0. The molecule has 638 valence electrons. The van der Waals surface area contributed by atoms with Gasteiger partial charge in [0.25, 0.3) is 0 Å². The van der Waals surface area contributed by atoms with Crippen LogP contribution in [0, 0.1) is 0 Å². The average Bonchev–Trinajstić information content (AvgIpc) is 1.70. The lowest BCUT2D eigenvalue weighted by molar-refractivity contribution is 0.00578. The molecule has 20 aromatic carbocycles. The van der Waals surface area contributed by atoms with Crippen molar-refractivity contribution in [3.63, 3.8) is 0 Å². The Morgan fingerprint density at radius 2 is 0.530 bits per heavy atom. The maximum atomic E-state index is 6.26. The standard InChI is InChI=1S/C58H38N4.C36H25ClN2.C28H25BN2O2/c1-3-16-44(17-4-1)61(47-33-28-40(29-34-47)42-30-35-56-53(37-42)50-22-11-12-25-55(50)62(56)45-18-5-2-6-19-45)46-31-26-39(27-32-46)41-14-13-15-43(36-41)54-38-59-57-51-23-9-7-20-48(51)49-21-8-10-24-52(49)58(57)60-54;37-28-18-22-32(23-19-28)38(29-9-3-1-4-10-29)31-20-15-26(16-21-31)27-17-24-36-34(25-27)33-13-7-8-14-35(33)39(36)30-11-5-2-6-12-30;1-27(2)28(3,4)33-29(32-27)19-11-9-10-18(16-19)24-17-30-25-22-14-7-5-12-20(22)21-13-6-8-15-23(21)26(25)31-24/h1-38H;1-25H;5-17H,1-4H3. The molecule has 0 aliphatic carbocycles. The van der Waals surface area contributed by atoms with E-state index in [1.54, 1.807) is 0 Å². The molecule has 1 saturated heterocycles. The Bertz CT molecular complexity index is 8490. The lowest BCUT2D eigenvalue weighted by Gasteiger charge is -2.32. The molecule has 4 aromatic heterocycles. The summed E-state index contributed by atoms with van der Waals surface area (Å²) < 4.78 is 17.2.